The number of aliphatic imine (C=N–C) groups is 1. The lowest BCUT2D eigenvalue weighted by Gasteiger charge is -2.15. The largest absolute Gasteiger partial charge is 0.378 e. The number of halogens is 1. The molecular weight excluding hydrogens is 354 g/mol. The molecule has 7 heteroatoms. The zero-order valence-electron chi connectivity index (χ0n) is 11.2. The van der Waals surface area contributed by atoms with Gasteiger partial charge in [0.1, 0.15) is 0 Å². The lowest BCUT2D eigenvalue weighted by molar-refractivity contribution is -0.115. The van der Waals surface area contributed by atoms with E-state index in [0.29, 0.717) is 17.0 Å². The molecule has 0 saturated heterocycles. The molecule has 2 heterocycles. The molecule has 0 aliphatic carbocycles. The van der Waals surface area contributed by atoms with E-state index in [1.54, 1.807) is 4.90 Å². The van der Waals surface area contributed by atoms with E-state index in [1.807, 2.05) is 25.1 Å². The molecule has 0 aromatic heterocycles. The van der Waals surface area contributed by atoms with E-state index in [9.17, 15) is 9.59 Å². The summed E-state index contributed by atoms with van der Waals surface area (Å²) in [6, 6.07) is 5.62. The quantitative estimate of drug-likeness (QED) is 0.816. The predicted octanol–water partition coefficient (Wildman–Crippen LogP) is 2.50. The summed E-state index contributed by atoms with van der Waals surface area (Å²) in [4.78, 5) is 30.4. The monoisotopic (exact) mass is 365 g/mol. The molecule has 2 amide bonds. The van der Waals surface area contributed by atoms with Crippen molar-refractivity contribution in [3.8, 4) is 0 Å². The molecular formula is C14H12BrN3O2S. The van der Waals surface area contributed by atoms with Gasteiger partial charge in [-0.2, -0.15) is 4.99 Å². The van der Waals surface area contributed by atoms with Gasteiger partial charge >= 0.3 is 0 Å². The molecule has 0 radical (unpaired) electrons. The Balaban J connectivity index is 2.20. The van der Waals surface area contributed by atoms with Gasteiger partial charge in [0.15, 0.2) is 5.17 Å². The van der Waals surface area contributed by atoms with Crippen LogP contribution in [-0.4, -0.2) is 23.5 Å². The van der Waals surface area contributed by atoms with Crippen molar-refractivity contribution in [3.63, 3.8) is 0 Å². The maximum Gasteiger partial charge on any atom is 0.287 e. The third kappa shape index (κ3) is 2.30. The van der Waals surface area contributed by atoms with Crippen LogP contribution < -0.4 is 10.6 Å². The predicted molar refractivity (Wildman–Crippen MR) is 87.9 cm³/mol. The summed E-state index contributed by atoms with van der Waals surface area (Å²) in [7, 11) is 0. The first-order valence-electron chi connectivity index (χ1n) is 6.45. The van der Waals surface area contributed by atoms with Crippen LogP contribution in [0.4, 0.5) is 5.69 Å². The van der Waals surface area contributed by atoms with Crippen LogP contribution in [0.15, 0.2) is 32.6 Å². The normalized spacial score (nSPS) is 21.0. The van der Waals surface area contributed by atoms with E-state index in [4.69, 9.17) is 5.73 Å². The zero-order chi connectivity index (χ0) is 15.1. The molecule has 0 unspecified atom stereocenters. The van der Waals surface area contributed by atoms with Crippen molar-refractivity contribution < 1.29 is 9.59 Å². The number of hydrogen-bond donors (Lipinski definition) is 1. The van der Waals surface area contributed by atoms with Crippen molar-refractivity contribution in [3.05, 3.63) is 33.1 Å². The van der Waals surface area contributed by atoms with E-state index in [-0.39, 0.29) is 11.1 Å². The molecule has 1 aromatic rings. The Morgan fingerprint density at radius 3 is 2.76 bits per heavy atom. The van der Waals surface area contributed by atoms with E-state index in [1.165, 1.54) is 0 Å². The molecule has 5 nitrogen and oxygen atoms in total. The Labute approximate surface area is 134 Å². The second kappa shape index (κ2) is 5.31. The van der Waals surface area contributed by atoms with Gasteiger partial charge in [0.05, 0.1) is 16.2 Å². The average molecular weight is 366 g/mol. The molecule has 21 heavy (non-hydrogen) atoms. The van der Waals surface area contributed by atoms with E-state index in [2.05, 4.69) is 20.9 Å². The number of amides is 2. The smallest absolute Gasteiger partial charge is 0.287 e. The highest BCUT2D eigenvalue weighted by atomic mass is 79.9. The Hall–Kier alpha value is -1.60. The molecule has 3 rings (SSSR count). The summed E-state index contributed by atoms with van der Waals surface area (Å²) in [6.07, 6.45) is 0.837. The van der Waals surface area contributed by atoms with Crippen LogP contribution in [-0.2, 0) is 9.59 Å². The van der Waals surface area contributed by atoms with Crippen molar-refractivity contribution in [2.75, 3.05) is 11.4 Å². The topological polar surface area (TPSA) is 75.8 Å². The van der Waals surface area contributed by atoms with Crippen LogP contribution in [0.3, 0.4) is 0 Å². The average Bonchev–Trinajstić information content (AvgIpc) is 2.88. The molecule has 2 aliphatic heterocycles. The highest BCUT2D eigenvalue weighted by Crippen LogP contribution is 2.43. The van der Waals surface area contributed by atoms with Gasteiger partial charge in [0, 0.05) is 16.6 Å². The van der Waals surface area contributed by atoms with Gasteiger partial charge in [0.2, 0.25) is 0 Å². The summed E-state index contributed by atoms with van der Waals surface area (Å²) in [5, 5.41) is 0.181. The number of nitrogens with zero attached hydrogens (tertiary/aromatic N) is 2. The molecule has 0 atom stereocenters. The molecule has 2 aliphatic rings. The third-order valence-electron chi connectivity index (χ3n) is 3.26. The molecule has 108 valence electrons. The van der Waals surface area contributed by atoms with E-state index in [0.717, 1.165) is 33.9 Å². The van der Waals surface area contributed by atoms with Crippen LogP contribution >= 0.6 is 27.7 Å². The summed E-state index contributed by atoms with van der Waals surface area (Å²) >= 11 is 4.47. The SMILES string of the molecule is CCCN1C(=O)C(=C2SC(N)=NC2=O)c2cc(Br)ccc21. The minimum Gasteiger partial charge on any atom is -0.378 e. The molecule has 2 N–H and O–H groups in total. The van der Waals surface area contributed by atoms with Gasteiger partial charge in [-0.05, 0) is 36.4 Å². The maximum absolute atomic E-state index is 12.7. The highest BCUT2D eigenvalue weighted by molar-refractivity contribution is 9.10. The van der Waals surface area contributed by atoms with E-state index >= 15 is 0 Å². The summed E-state index contributed by atoms with van der Waals surface area (Å²) < 4.78 is 0.856. The Bertz CT molecular complexity index is 727. The van der Waals surface area contributed by atoms with Crippen molar-refractivity contribution in [1.82, 2.24) is 0 Å². The summed E-state index contributed by atoms with van der Waals surface area (Å²) in [5.74, 6) is -0.601. The number of rotatable bonds is 2. The lowest BCUT2D eigenvalue weighted by Crippen LogP contribution is -2.27. The first kappa shape index (κ1) is 14.3. The molecule has 0 spiro atoms. The van der Waals surface area contributed by atoms with Crippen LogP contribution in [0.5, 0.6) is 0 Å². The zero-order valence-corrected chi connectivity index (χ0v) is 13.6. The number of benzene rings is 1. The number of nitrogens with two attached hydrogens (primary N) is 1. The maximum atomic E-state index is 12.7. The van der Waals surface area contributed by atoms with E-state index < -0.39 is 5.91 Å². The molecule has 1 aromatic carbocycles. The number of fused-ring (bicyclic) bond motifs is 1. The number of carbonyl (C=O) groups excluding carboxylic acids is 2. The van der Waals surface area contributed by atoms with Crippen molar-refractivity contribution in [2.45, 2.75) is 13.3 Å². The molecule has 0 fully saturated rings. The fourth-order valence-electron chi connectivity index (χ4n) is 2.45. The van der Waals surface area contributed by atoms with Crippen molar-refractivity contribution in [2.24, 2.45) is 10.7 Å². The summed E-state index contributed by atoms with van der Waals surface area (Å²) in [5.41, 5.74) is 7.58. The van der Waals surface area contributed by atoms with Crippen LogP contribution in [0.1, 0.15) is 18.9 Å². The van der Waals surface area contributed by atoms with Crippen LogP contribution in [0.2, 0.25) is 0 Å². The van der Waals surface area contributed by atoms with Gasteiger partial charge in [-0.3, -0.25) is 9.59 Å². The highest BCUT2D eigenvalue weighted by Gasteiger charge is 2.38. The lowest BCUT2D eigenvalue weighted by atomic mass is 10.1. The third-order valence-corrected chi connectivity index (χ3v) is 4.64. The fraction of sp³-hybridized carbons (Fsp3) is 0.214. The second-order valence-corrected chi connectivity index (χ2v) is 6.63. The first-order chi connectivity index (χ1) is 10.0. The van der Waals surface area contributed by atoms with Gasteiger partial charge in [-0.15, -0.1) is 0 Å². The van der Waals surface area contributed by atoms with Crippen LogP contribution in [0, 0.1) is 0 Å². The number of carbonyl (C=O) groups is 2. The van der Waals surface area contributed by atoms with Crippen molar-refractivity contribution in [1.29, 1.82) is 0 Å². The van der Waals surface area contributed by atoms with Gasteiger partial charge in [-0.25, -0.2) is 0 Å². The van der Waals surface area contributed by atoms with Crippen LogP contribution in [0.25, 0.3) is 5.57 Å². The standard InChI is InChI=1S/C14H12BrN3O2S/c1-2-5-18-9-4-3-7(15)6-8(9)10(13(18)20)11-12(19)17-14(16)21-11/h3-4,6H,2,5H2,1H3,(H2,16,17,19). The fourth-order valence-corrected chi connectivity index (χ4v) is 3.58. The second-order valence-electron chi connectivity index (χ2n) is 4.68. The van der Waals surface area contributed by atoms with Crippen molar-refractivity contribution >= 4 is 55.9 Å². The van der Waals surface area contributed by atoms with Gasteiger partial charge in [-0.1, -0.05) is 22.9 Å². The Morgan fingerprint density at radius 2 is 2.14 bits per heavy atom. The number of hydrogen-bond acceptors (Lipinski definition) is 4. The van der Waals surface area contributed by atoms with Gasteiger partial charge < -0.3 is 10.6 Å². The molecule has 0 saturated carbocycles. The number of amidine groups is 1. The Kier molecular flexibility index (Phi) is 3.62. The molecule has 0 bridgehead atoms. The first-order valence-corrected chi connectivity index (χ1v) is 8.06. The minimum atomic E-state index is -0.440. The number of thioether (sulfide) groups is 1. The van der Waals surface area contributed by atoms with Gasteiger partial charge in [0.25, 0.3) is 11.8 Å². The Morgan fingerprint density at radius 1 is 1.38 bits per heavy atom. The minimum absolute atomic E-state index is 0.161. The summed E-state index contributed by atoms with van der Waals surface area (Å²) in [6.45, 7) is 2.62. The number of anilines is 1.